The summed E-state index contributed by atoms with van der Waals surface area (Å²) in [5.74, 6) is 0.577. The molecule has 0 aliphatic carbocycles. The Balaban J connectivity index is 1.44. The van der Waals surface area contributed by atoms with Crippen LogP contribution in [-0.4, -0.2) is 28.1 Å². The highest BCUT2D eigenvalue weighted by molar-refractivity contribution is 5.80. The number of carbonyl (C=O) groups is 1. The topological polar surface area (TPSA) is 56.1 Å². The lowest BCUT2D eigenvalue weighted by molar-refractivity contribution is -0.127. The van der Waals surface area contributed by atoms with E-state index in [9.17, 15) is 4.79 Å². The van der Waals surface area contributed by atoms with E-state index in [1.54, 1.807) is 19.4 Å². The predicted octanol–water partition coefficient (Wildman–Crippen LogP) is 3.52. The summed E-state index contributed by atoms with van der Waals surface area (Å²) in [7, 11) is 0. The number of ether oxygens (including phenoxy) is 1. The van der Waals surface area contributed by atoms with Crippen molar-refractivity contribution in [2.45, 2.75) is 26.0 Å². The molecule has 2 aromatic carbocycles. The van der Waals surface area contributed by atoms with Crippen LogP contribution in [0.5, 0.6) is 5.75 Å². The number of benzene rings is 2. The van der Waals surface area contributed by atoms with Gasteiger partial charge in [0.05, 0.1) is 6.33 Å². The van der Waals surface area contributed by atoms with Gasteiger partial charge in [-0.2, -0.15) is 0 Å². The van der Waals surface area contributed by atoms with Gasteiger partial charge in [-0.15, -0.1) is 0 Å². The van der Waals surface area contributed by atoms with E-state index in [-0.39, 0.29) is 5.91 Å². The van der Waals surface area contributed by atoms with Crippen molar-refractivity contribution in [1.29, 1.82) is 0 Å². The van der Waals surface area contributed by atoms with Crippen LogP contribution in [0, 0.1) is 0 Å². The van der Waals surface area contributed by atoms with Gasteiger partial charge in [0.25, 0.3) is 5.91 Å². The average Bonchev–Trinajstić information content (AvgIpc) is 3.20. The van der Waals surface area contributed by atoms with E-state index in [1.807, 2.05) is 53.2 Å². The van der Waals surface area contributed by atoms with Gasteiger partial charge in [-0.25, -0.2) is 4.98 Å². The summed E-state index contributed by atoms with van der Waals surface area (Å²) >= 11 is 0. The minimum absolute atomic E-state index is 0.109. The maximum Gasteiger partial charge on any atom is 0.260 e. The number of amides is 1. The van der Waals surface area contributed by atoms with Crippen molar-refractivity contribution in [2.75, 3.05) is 6.54 Å². The Morgan fingerprint density at radius 2 is 1.85 bits per heavy atom. The van der Waals surface area contributed by atoms with E-state index < -0.39 is 6.10 Å². The summed E-state index contributed by atoms with van der Waals surface area (Å²) in [5.41, 5.74) is 2.28. The van der Waals surface area contributed by atoms with Crippen molar-refractivity contribution >= 4 is 5.91 Å². The Labute approximate surface area is 153 Å². The number of rotatable bonds is 8. The Morgan fingerprint density at radius 3 is 2.54 bits per heavy atom. The van der Waals surface area contributed by atoms with Crippen molar-refractivity contribution in [1.82, 2.24) is 14.9 Å². The Hall–Kier alpha value is -3.08. The molecule has 5 nitrogen and oxygen atoms in total. The molecule has 0 bridgehead atoms. The second-order valence-electron chi connectivity index (χ2n) is 6.10. The van der Waals surface area contributed by atoms with Crippen LogP contribution in [-0.2, 0) is 11.3 Å². The lowest BCUT2D eigenvalue weighted by atomic mass is 10.1. The monoisotopic (exact) mass is 349 g/mol. The van der Waals surface area contributed by atoms with Crippen molar-refractivity contribution in [3.63, 3.8) is 0 Å². The first-order chi connectivity index (χ1) is 12.7. The van der Waals surface area contributed by atoms with Crippen molar-refractivity contribution in [3.8, 4) is 16.9 Å². The molecular formula is C21H23N3O2. The lowest BCUT2D eigenvalue weighted by Gasteiger charge is -2.15. The Kier molecular flexibility index (Phi) is 6.04. The van der Waals surface area contributed by atoms with Crippen molar-refractivity contribution in [3.05, 3.63) is 73.3 Å². The van der Waals surface area contributed by atoms with Gasteiger partial charge in [-0.1, -0.05) is 42.5 Å². The molecule has 3 aromatic rings. The van der Waals surface area contributed by atoms with Crippen LogP contribution in [0.15, 0.2) is 73.3 Å². The Bertz CT molecular complexity index is 799. The molecule has 5 heteroatoms. The normalized spacial score (nSPS) is 11.7. The summed E-state index contributed by atoms with van der Waals surface area (Å²) in [4.78, 5) is 16.1. The second kappa shape index (κ2) is 8.85. The van der Waals surface area contributed by atoms with Crippen molar-refractivity contribution < 1.29 is 9.53 Å². The summed E-state index contributed by atoms with van der Waals surface area (Å²) in [6, 6.07) is 17.9. The fourth-order valence-corrected chi connectivity index (χ4v) is 2.65. The first-order valence-corrected chi connectivity index (χ1v) is 8.78. The van der Waals surface area contributed by atoms with Crippen LogP contribution < -0.4 is 10.1 Å². The first kappa shape index (κ1) is 17.7. The molecule has 0 fully saturated rings. The molecule has 1 atom stereocenters. The minimum Gasteiger partial charge on any atom is -0.481 e. The molecule has 1 heterocycles. The van der Waals surface area contributed by atoms with Crippen LogP contribution in [0.3, 0.4) is 0 Å². The second-order valence-corrected chi connectivity index (χ2v) is 6.10. The van der Waals surface area contributed by atoms with E-state index in [0.717, 1.165) is 24.1 Å². The molecule has 3 rings (SSSR count). The summed E-state index contributed by atoms with van der Waals surface area (Å²) in [6.07, 6.45) is 5.74. The van der Waals surface area contributed by atoms with Crippen LogP contribution in [0.2, 0.25) is 0 Å². The van der Waals surface area contributed by atoms with E-state index in [1.165, 1.54) is 0 Å². The zero-order chi connectivity index (χ0) is 18.2. The van der Waals surface area contributed by atoms with Gasteiger partial charge in [0, 0.05) is 25.5 Å². The zero-order valence-electron chi connectivity index (χ0n) is 14.8. The number of carbonyl (C=O) groups excluding carboxylic acids is 1. The van der Waals surface area contributed by atoms with Gasteiger partial charge in [0.1, 0.15) is 5.75 Å². The highest BCUT2D eigenvalue weighted by Crippen LogP contribution is 2.22. The highest BCUT2D eigenvalue weighted by atomic mass is 16.5. The van der Waals surface area contributed by atoms with Gasteiger partial charge < -0.3 is 14.6 Å². The van der Waals surface area contributed by atoms with E-state index in [4.69, 9.17) is 4.74 Å². The van der Waals surface area contributed by atoms with Crippen molar-refractivity contribution in [2.24, 2.45) is 0 Å². The number of nitrogens with one attached hydrogen (secondary N) is 1. The fraction of sp³-hybridized carbons (Fsp3) is 0.238. The third-order valence-electron chi connectivity index (χ3n) is 4.10. The first-order valence-electron chi connectivity index (χ1n) is 8.78. The molecule has 0 saturated heterocycles. The number of hydrogen-bond donors (Lipinski definition) is 1. The van der Waals surface area contributed by atoms with Crippen LogP contribution >= 0.6 is 0 Å². The number of aromatic nitrogens is 2. The summed E-state index contributed by atoms with van der Waals surface area (Å²) < 4.78 is 7.73. The number of aryl methyl sites for hydroxylation is 1. The largest absolute Gasteiger partial charge is 0.481 e. The maximum absolute atomic E-state index is 12.1. The van der Waals surface area contributed by atoms with Crippen LogP contribution in [0.25, 0.3) is 11.1 Å². The molecule has 0 aliphatic rings. The molecule has 0 unspecified atom stereocenters. The molecular weight excluding hydrogens is 326 g/mol. The predicted molar refractivity (Wildman–Crippen MR) is 102 cm³/mol. The number of nitrogens with zero attached hydrogens (tertiary/aromatic N) is 2. The standard InChI is InChI=1S/C21H23N3O2/c1-17(21(25)23-12-5-14-24-15-13-22-16-24)26-20-10-8-19(9-11-20)18-6-3-2-4-7-18/h2-4,6-11,13,15-17H,5,12,14H2,1H3,(H,23,25)/t17-/m0/s1. The van der Waals surface area contributed by atoms with Gasteiger partial charge in [0.2, 0.25) is 0 Å². The quantitative estimate of drug-likeness (QED) is 0.633. The highest BCUT2D eigenvalue weighted by Gasteiger charge is 2.14. The lowest BCUT2D eigenvalue weighted by Crippen LogP contribution is -2.37. The SMILES string of the molecule is C[C@H](Oc1ccc(-c2ccccc2)cc1)C(=O)NCCCn1ccnc1. The van der Waals surface area contributed by atoms with E-state index >= 15 is 0 Å². The average molecular weight is 349 g/mol. The zero-order valence-corrected chi connectivity index (χ0v) is 14.8. The third-order valence-corrected chi connectivity index (χ3v) is 4.10. The van der Waals surface area contributed by atoms with Gasteiger partial charge in [0.15, 0.2) is 6.10 Å². The molecule has 0 radical (unpaired) electrons. The number of imidazole rings is 1. The molecule has 0 aliphatic heterocycles. The molecule has 1 amide bonds. The van der Waals surface area contributed by atoms with Gasteiger partial charge in [-0.05, 0) is 36.6 Å². The molecule has 134 valence electrons. The van der Waals surface area contributed by atoms with Gasteiger partial charge in [-0.3, -0.25) is 4.79 Å². The molecule has 26 heavy (non-hydrogen) atoms. The van der Waals surface area contributed by atoms with Gasteiger partial charge >= 0.3 is 0 Å². The van der Waals surface area contributed by atoms with Crippen LogP contribution in [0.1, 0.15) is 13.3 Å². The van der Waals surface area contributed by atoms with Crippen LogP contribution in [0.4, 0.5) is 0 Å². The third kappa shape index (κ3) is 4.96. The summed E-state index contributed by atoms with van der Waals surface area (Å²) in [6.45, 7) is 3.20. The maximum atomic E-state index is 12.1. The smallest absolute Gasteiger partial charge is 0.260 e. The minimum atomic E-state index is -0.536. The molecule has 1 N–H and O–H groups in total. The Morgan fingerprint density at radius 1 is 1.12 bits per heavy atom. The summed E-state index contributed by atoms with van der Waals surface area (Å²) in [5, 5.41) is 2.90. The van der Waals surface area contributed by atoms with E-state index in [0.29, 0.717) is 12.3 Å². The molecule has 0 saturated carbocycles. The molecule has 1 aromatic heterocycles. The van der Waals surface area contributed by atoms with E-state index in [2.05, 4.69) is 22.4 Å². The molecule has 0 spiro atoms. The number of hydrogen-bond acceptors (Lipinski definition) is 3. The fourth-order valence-electron chi connectivity index (χ4n) is 2.65.